The van der Waals surface area contributed by atoms with E-state index >= 15 is 0 Å². The van der Waals surface area contributed by atoms with Crippen molar-refractivity contribution >= 4 is 5.91 Å². The quantitative estimate of drug-likeness (QED) is 0.691. The number of hydrogen-bond donors (Lipinski definition) is 1. The van der Waals surface area contributed by atoms with E-state index in [1.807, 2.05) is 4.90 Å². The molecule has 2 saturated carbocycles. The first-order chi connectivity index (χ1) is 8.29. The van der Waals surface area contributed by atoms with Crippen LogP contribution in [0.5, 0.6) is 0 Å². The van der Waals surface area contributed by atoms with Crippen molar-refractivity contribution in [3.63, 3.8) is 0 Å². The third-order valence-corrected chi connectivity index (χ3v) is 4.40. The number of rotatable bonds is 7. The summed E-state index contributed by atoms with van der Waals surface area (Å²) in [5, 5.41) is 9.05. The highest BCUT2D eigenvalue weighted by Gasteiger charge is 2.57. The van der Waals surface area contributed by atoms with Gasteiger partial charge in [-0.1, -0.05) is 26.2 Å². The van der Waals surface area contributed by atoms with Gasteiger partial charge in [-0.25, -0.2) is 0 Å². The van der Waals surface area contributed by atoms with E-state index in [0.29, 0.717) is 30.2 Å². The van der Waals surface area contributed by atoms with Crippen LogP contribution in [0.3, 0.4) is 0 Å². The van der Waals surface area contributed by atoms with Gasteiger partial charge in [0, 0.05) is 19.0 Å². The van der Waals surface area contributed by atoms with Gasteiger partial charge in [0.1, 0.15) is 0 Å². The molecule has 0 spiro atoms. The number of hydrogen-bond acceptors (Lipinski definition) is 2. The fraction of sp³-hybridized carbons (Fsp3) is 0.929. The Morgan fingerprint density at radius 1 is 1.24 bits per heavy atom. The number of carbonyl (C=O) groups is 1. The minimum absolute atomic E-state index is 0.0971. The first-order valence-electron chi connectivity index (χ1n) is 7.19. The molecule has 0 bridgehead atoms. The third-order valence-electron chi connectivity index (χ3n) is 4.40. The summed E-state index contributed by atoms with van der Waals surface area (Å²) in [5.74, 6) is 2.02. The lowest BCUT2D eigenvalue weighted by atomic mass is 10.1. The molecule has 0 radical (unpaired) electrons. The molecule has 2 aliphatic carbocycles. The second-order valence-electron chi connectivity index (χ2n) is 5.54. The van der Waals surface area contributed by atoms with Crippen molar-refractivity contribution < 1.29 is 9.90 Å². The fourth-order valence-corrected chi connectivity index (χ4v) is 3.40. The molecule has 98 valence electrons. The standard InChI is InChI=1S/C14H25NO2/c1-2-3-4-8-15(9-10-16)14(17)13-11-6-5-7-12(11)13/h11-13,16H,2-10H2,1H3. The number of unbranched alkanes of at least 4 members (excludes halogenated alkanes) is 2. The van der Waals surface area contributed by atoms with Crippen molar-refractivity contribution in [3.05, 3.63) is 0 Å². The average molecular weight is 239 g/mol. The van der Waals surface area contributed by atoms with Gasteiger partial charge in [0.05, 0.1) is 6.61 Å². The summed E-state index contributed by atoms with van der Waals surface area (Å²) in [6, 6.07) is 0. The molecule has 17 heavy (non-hydrogen) atoms. The lowest BCUT2D eigenvalue weighted by Gasteiger charge is -2.22. The summed E-state index contributed by atoms with van der Waals surface area (Å²) in [6.07, 6.45) is 7.24. The molecule has 2 fully saturated rings. The Hall–Kier alpha value is -0.570. The van der Waals surface area contributed by atoms with Crippen LogP contribution in [-0.4, -0.2) is 35.6 Å². The van der Waals surface area contributed by atoms with Gasteiger partial charge < -0.3 is 10.0 Å². The third kappa shape index (κ3) is 2.82. The smallest absolute Gasteiger partial charge is 0.226 e. The van der Waals surface area contributed by atoms with Gasteiger partial charge in [-0.2, -0.15) is 0 Å². The van der Waals surface area contributed by atoms with Crippen molar-refractivity contribution in [2.45, 2.75) is 45.4 Å². The zero-order valence-corrected chi connectivity index (χ0v) is 10.9. The van der Waals surface area contributed by atoms with E-state index in [1.165, 1.54) is 32.1 Å². The highest BCUT2D eigenvalue weighted by atomic mass is 16.3. The molecule has 0 aromatic carbocycles. The van der Waals surface area contributed by atoms with E-state index in [4.69, 9.17) is 5.11 Å². The summed E-state index contributed by atoms with van der Waals surface area (Å²) in [4.78, 5) is 14.2. The largest absolute Gasteiger partial charge is 0.395 e. The predicted octanol–water partition coefficient (Wildman–Crippen LogP) is 2.04. The number of carbonyl (C=O) groups excluding carboxylic acids is 1. The van der Waals surface area contributed by atoms with Gasteiger partial charge in [-0.3, -0.25) is 4.79 Å². The van der Waals surface area contributed by atoms with Gasteiger partial charge in [0.15, 0.2) is 0 Å². The molecule has 0 aromatic heterocycles. The summed E-state index contributed by atoms with van der Waals surface area (Å²) >= 11 is 0. The fourth-order valence-electron chi connectivity index (χ4n) is 3.40. The van der Waals surface area contributed by atoms with Gasteiger partial charge >= 0.3 is 0 Å². The molecule has 2 rings (SSSR count). The Bertz CT molecular complexity index is 257. The van der Waals surface area contributed by atoms with E-state index < -0.39 is 0 Å². The van der Waals surface area contributed by atoms with Crippen molar-refractivity contribution in [3.8, 4) is 0 Å². The number of amides is 1. The summed E-state index contributed by atoms with van der Waals surface area (Å²) in [5.41, 5.74) is 0. The first kappa shape index (κ1) is 12.9. The monoisotopic (exact) mass is 239 g/mol. The van der Waals surface area contributed by atoms with Gasteiger partial charge in [0.25, 0.3) is 0 Å². The van der Waals surface area contributed by atoms with Gasteiger partial charge in [-0.15, -0.1) is 0 Å². The highest BCUT2D eigenvalue weighted by Crippen LogP contribution is 2.58. The number of aliphatic hydroxyl groups excluding tert-OH is 1. The zero-order chi connectivity index (χ0) is 12.3. The molecule has 2 aliphatic rings. The molecule has 0 saturated heterocycles. The second kappa shape index (κ2) is 5.85. The van der Waals surface area contributed by atoms with Crippen molar-refractivity contribution in [2.24, 2.45) is 17.8 Å². The summed E-state index contributed by atoms with van der Waals surface area (Å²) < 4.78 is 0. The average Bonchev–Trinajstić information content (AvgIpc) is 2.80. The zero-order valence-electron chi connectivity index (χ0n) is 10.9. The SMILES string of the molecule is CCCCCN(CCO)C(=O)C1C2CCCC21. The molecule has 0 aromatic rings. The lowest BCUT2D eigenvalue weighted by Crippen LogP contribution is -2.36. The van der Waals surface area contributed by atoms with Crippen molar-refractivity contribution in [1.82, 2.24) is 4.90 Å². The molecular weight excluding hydrogens is 214 g/mol. The van der Waals surface area contributed by atoms with Gasteiger partial charge in [0.2, 0.25) is 5.91 Å². The molecule has 3 heteroatoms. The van der Waals surface area contributed by atoms with E-state index in [9.17, 15) is 4.79 Å². The Labute approximate surface area is 104 Å². The molecule has 1 amide bonds. The maximum atomic E-state index is 12.3. The number of aliphatic hydroxyl groups is 1. The highest BCUT2D eigenvalue weighted by molar-refractivity contribution is 5.82. The number of nitrogens with zero attached hydrogens (tertiary/aromatic N) is 1. The maximum absolute atomic E-state index is 12.3. The van der Waals surface area contributed by atoms with E-state index in [-0.39, 0.29) is 6.61 Å². The van der Waals surface area contributed by atoms with Gasteiger partial charge in [-0.05, 0) is 31.1 Å². The summed E-state index contributed by atoms with van der Waals surface area (Å²) in [6.45, 7) is 3.63. The number of fused-ring (bicyclic) bond motifs is 1. The normalized spacial score (nSPS) is 30.1. The second-order valence-corrected chi connectivity index (χ2v) is 5.54. The van der Waals surface area contributed by atoms with Crippen LogP contribution in [0.4, 0.5) is 0 Å². The summed E-state index contributed by atoms with van der Waals surface area (Å²) in [7, 11) is 0. The molecule has 2 unspecified atom stereocenters. The van der Waals surface area contributed by atoms with Crippen LogP contribution in [0.15, 0.2) is 0 Å². The van der Waals surface area contributed by atoms with Crippen LogP contribution in [0.2, 0.25) is 0 Å². The molecular formula is C14H25NO2. The van der Waals surface area contributed by atoms with Crippen LogP contribution >= 0.6 is 0 Å². The minimum Gasteiger partial charge on any atom is -0.395 e. The first-order valence-corrected chi connectivity index (χ1v) is 7.19. The molecule has 3 nitrogen and oxygen atoms in total. The Kier molecular flexibility index (Phi) is 4.43. The Balaban J connectivity index is 1.80. The predicted molar refractivity (Wildman–Crippen MR) is 67.5 cm³/mol. The van der Waals surface area contributed by atoms with Crippen molar-refractivity contribution in [1.29, 1.82) is 0 Å². The maximum Gasteiger partial charge on any atom is 0.226 e. The molecule has 2 atom stereocenters. The van der Waals surface area contributed by atoms with E-state index in [2.05, 4.69) is 6.92 Å². The molecule has 0 heterocycles. The minimum atomic E-state index is 0.0971. The topological polar surface area (TPSA) is 40.5 Å². The molecule has 0 aliphatic heterocycles. The van der Waals surface area contributed by atoms with Crippen molar-refractivity contribution in [2.75, 3.05) is 19.7 Å². The van der Waals surface area contributed by atoms with E-state index in [0.717, 1.165) is 13.0 Å². The van der Waals surface area contributed by atoms with Crippen LogP contribution < -0.4 is 0 Å². The lowest BCUT2D eigenvalue weighted by molar-refractivity contribution is -0.134. The van der Waals surface area contributed by atoms with Crippen LogP contribution in [0.25, 0.3) is 0 Å². The van der Waals surface area contributed by atoms with Crippen LogP contribution in [-0.2, 0) is 4.79 Å². The molecule has 1 N–H and O–H groups in total. The Morgan fingerprint density at radius 3 is 2.53 bits per heavy atom. The van der Waals surface area contributed by atoms with E-state index in [1.54, 1.807) is 0 Å². The van der Waals surface area contributed by atoms with Crippen LogP contribution in [0, 0.1) is 17.8 Å². The van der Waals surface area contributed by atoms with Crippen LogP contribution in [0.1, 0.15) is 45.4 Å². The Morgan fingerprint density at radius 2 is 1.94 bits per heavy atom.